The number of amides is 3. The second kappa shape index (κ2) is 12.1. The number of benzene rings is 2. The third kappa shape index (κ3) is 7.93. The van der Waals surface area contributed by atoms with E-state index in [0.717, 1.165) is 10.6 Å². The molecule has 1 aliphatic rings. The average molecular weight is 532 g/mol. The van der Waals surface area contributed by atoms with Crippen molar-refractivity contribution in [3.8, 4) is 5.75 Å². The Labute approximate surface area is 220 Å². The van der Waals surface area contributed by atoms with Crippen LogP contribution in [-0.2, 0) is 21.0 Å². The van der Waals surface area contributed by atoms with Crippen LogP contribution in [0.25, 0.3) is 0 Å². The van der Waals surface area contributed by atoms with Gasteiger partial charge in [-0.2, -0.15) is 0 Å². The maximum absolute atomic E-state index is 13.1. The summed E-state index contributed by atoms with van der Waals surface area (Å²) in [5.41, 5.74) is 5.51. The number of piperidine rings is 1. The number of primary amides is 1. The zero-order chi connectivity index (χ0) is 27.2. The van der Waals surface area contributed by atoms with Crippen molar-refractivity contribution in [3.63, 3.8) is 0 Å². The van der Waals surface area contributed by atoms with Crippen molar-refractivity contribution in [2.24, 2.45) is 5.73 Å². The van der Waals surface area contributed by atoms with Crippen LogP contribution >= 0.6 is 11.6 Å². The number of esters is 1. The van der Waals surface area contributed by atoms with Crippen molar-refractivity contribution in [2.45, 2.75) is 57.9 Å². The third-order valence-corrected chi connectivity index (χ3v) is 5.70. The topological polar surface area (TPSA) is 128 Å². The van der Waals surface area contributed by atoms with E-state index in [1.54, 1.807) is 20.8 Å². The van der Waals surface area contributed by atoms with Gasteiger partial charge in [-0.25, -0.2) is 14.7 Å². The zero-order valence-electron chi connectivity index (χ0n) is 20.9. The predicted molar refractivity (Wildman–Crippen MR) is 135 cm³/mol. The first-order valence-corrected chi connectivity index (χ1v) is 12.1. The van der Waals surface area contributed by atoms with Crippen LogP contribution in [0.15, 0.2) is 54.6 Å². The number of hydrogen-bond acceptors (Lipinski definition) is 7. The molecule has 2 aromatic rings. The van der Waals surface area contributed by atoms with Crippen molar-refractivity contribution in [2.75, 3.05) is 6.54 Å². The molecule has 0 saturated carbocycles. The Bertz CT molecular complexity index is 1120. The lowest BCUT2D eigenvalue weighted by Gasteiger charge is -2.41. The number of carbonyl (C=O) groups excluding carboxylic acids is 4. The fourth-order valence-corrected chi connectivity index (χ4v) is 3.99. The van der Waals surface area contributed by atoms with Gasteiger partial charge in [0.2, 0.25) is 5.91 Å². The van der Waals surface area contributed by atoms with Crippen LogP contribution in [0.5, 0.6) is 5.75 Å². The Kier molecular flexibility index (Phi) is 9.12. The molecular formula is C26H30ClN3O7. The highest BCUT2D eigenvalue weighted by atomic mass is 35.5. The summed E-state index contributed by atoms with van der Waals surface area (Å²) in [6.45, 7) is 5.14. The number of carbonyl (C=O) groups is 4. The summed E-state index contributed by atoms with van der Waals surface area (Å²) in [5, 5.41) is 0.177. The van der Waals surface area contributed by atoms with E-state index < -0.39 is 41.0 Å². The van der Waals surface area contributed by atoms with E-state index in [0.29, 0.717) is 6.42 Å². The SMILES string of the molecule is CC(C)(C)OC(=O)N1C[C@H](N(OCc2ccccc2)C(=O)Cl)CC[C@H]1C(=O)Oc1ccc(C(N)=O)cc1. The van der Waals surface area contributed by atoms with Gasteiger partial charge in [-0.1, -0.05) is 30.3 Å². The number of nitrogens with two attached hydrogens (primary N) is 1. The number of hydrogen-bond donors (Lipinski definition) is 1. The average Bonchev–Trinajstić information content (AvgIpc) is 2.83. The molecule has 1 saturated heterocycles. The Morgan fingerprint density at radius 1 is 1.03 bits per heavy atom. The fraction of sp³-hybridized carbons (Fsp3) is 0.385. The van der Waals surface area contributed by atoms with Crippen LogP contribution in [0.2, 0.25) is 0 Å². The van der Waals surface area contributed by atoms with E-state index in [2.05, 4.69) is 0 Å². The van der Waals surface area contributed by atoms with Gasteiger partial charge in [-0.3, -0.25) is 19.3 Å². The quantitative estimate of drug-likeness (QED) is 0.186. The minimum absolute atomic E-state index is 0.0669. The van der Waals surface area contributed by atoms with Gasteiger partial charge in [0.25, 0.3) is 0 Å². The Hall–Kier alpha value is -3.63. The number of likely N-dealkylation sites (tertiary alicyclic amines) is 1. The standard InChI is InChI=1S/C26H30ClN3O7/c1-26(2,3)37-25(34)29-15-19(30(24(27)33)35-16-17-7-5-4-6-8-17)11-14-21(29)23(32)36-20-12-9-18(10-13-20)22(28)31/h4-10,12-13,19,21H,11,14-16H2,1-3H3,(H2,28,31)/t19-,21+/m1/s1. The molecule has 0 unspecified atom stereocenters. The zero-order valence-corrected chi connectivity index (χ0v) is 21.6. The highest BCUT2D eigenvalue weighted by molar-refractivity contribution is 6.62. The summed E-state index contributed by atoms with van der Waals surface area (Å²) in [6.07, 6.45) is -0.266. The van der Waals surface area contributed by atoms with Gasteiger partial charge >= 0.3 is 17.4 Å². The van der Waals surface area contributed by atoms with E-state index in [1.807, 2.05) is 30.3 Å². The molecule has 0 bridgehead atoms. The van der Waals surface area contributed by atoms with Gasteiger partial charge in [-0.05, 0) is 75.0 Å². The minimum atomic E-state index is -0.983. The van der Waals surface area contributed by atoms with E-state index in [-0.39, 0.29) is 30.9 Å². The monoisotopic (exact) mass is 531 g/mol. The van der Waals surface area contributed by atoms with Crippen molar-refractivity contribution in [1.29, 1.82) is 0 Å². The van der Waals surface area contributed by atoms with Crippen LogP contribution in [0.1, 0.15) is 49.5 Å². The molecule has 0 aromatic heterocycles. The van der Waals surface area contributed by atoms with Crippen LogP contribution in [0.4, 0.5) is 9.59 Å². The normalized spacial score (nSPS) is 17.6. The molecule has 11 heteroatoms. The second-order valence-corrected chi connectivity index (χ2v) is 9.85. The molecule has 0 radical (unpaired) electrons. The lowest BCUT2D eigenvalue weighted by molar-refractivity contribution is -0.165. The van der Waals surface area contributed by atoms with Crippen LogP contribution < -0.4 is 10.5 Å². The second-order valence-electron chi connectivity index (χ2n) is 9.53. The summed E-state index contributed by atoms with van der Waals surface area (Å²) in [5.74, 6) is -1.12. The smallest absolute Gasteiger partial charge is 0.411 e. The van der Waals surface area contributed by atoms with Gasteiger partial charge in [0.15, 0.2) is 0 Å². The lowest BCUT2D eigenvalue weighted by Crippen LogP contribution is -2.58. The molecule has 10 nitrogen and oxygen atoms in total. The molecule has 1 heterocycles. The molecule has 37 heavy (non-hydrogen) atoms. The van der Waals surface area contributed by atoms with Crippen molar-refractivity contribution >= 4 is 34.9 Å². The van der Waals surface area contributed by atoms with Crippen LogP contribution in [0.3, 0.4) is 0 Å². The van der Waals surface area contributed by atoms with Gasteiger partial charge in [0, 0.05) is 12.1 Å². The van der Waals surface area contributed by atoms with E-state index >= 15 is 0 Å². The largest absolute Gasteiger partial charge is 0.444 e. The van der Waals surface area contributed by atoms with E-state index in [9.17, 15) is 19.2 Å². The molecular weight excluding hydrogens is 502 g/mol. The van der Waals surface area contributed by atoms with E-state index in [1.165, 1.54) is 29.2 Å². The number of nitrogens with zero attached hydrogens (tertiary/aromatic N) is 2. The highest BCUT2D eigenvalue weighted by Gasteiger charge is 2.42. The first-order valence-electron chi connectivity index (χ1n) is 11.7. The van der Waals surface area contributed by atoms with Gasteiger partial charge in [0.05, 0.1) is 6.04 Å². The molecule has 1 fully saturated rings. The third-order valence-electron chi connectivity index (χ3n) is 5.53. The molecule has 198 valence electrons. The molecule has 0 spiro atoms. The summed E-state index contributed by atoms with van der Waals surface area (Å²) in [7, 11) is 0. The van der Waals surface area contributed by atoms with Crippen LogP contribution in [0, 0.1) is 0 Å². The Morgan fingerprint density at radius 2 is 1.68 bits per heavy atom. The maximum atomic E-state index is 13.1. The predicted octanol–water partition coefficient (Wildman–Crippen LogP) is 4.25. The van der Waals surface area contributed by atoms with Gasteiger partial charge in [0.1, 0.15) is 24.0 Å². The number of ether oxygens (including phenoxy) is 2. The first kappa shape index (κ1) is 27.9. The highest BCUT2D eigenvalue weighted by Crippen LogP contribution is 2.27. The maximum Gasteiger partial charge on any atom is 0.411 e. The summed E-state index contributed by atoms with van der Waals surface area (Å²) in [6, 6.07) is 13.4. The van der Waals surface area contributed by atoms with Crippen molar-refractivity contribution in [3.05, 3.63) is 65.7 Å². The molecule has 2 atom stereocenters. The van der Waals surface area contributed by atoms with Crippen LogP contribution in [-0.4, -0.2) is 57.5 Å². The molecule has 1 aliphatic heterocycles. The summed E-state index contributed by atoms with van der Waals surface area (Å²) in [4.78, 5) is 56.6. The molecule has 2 N–H and O–H groups in total. The fourth-order valence-electron chi connectivity index (χ4n) is 3.80. The number of hydroxylamine groups is 2. The molecule has 0 aliphatic carbocycles. The number of rotatable bonds is 7. The molecule has 2 aromatic carbocycles. The van der Waals surface area contributed by atoms with Gasteiger partial charge in [-0.15, -0.1) is 0 Å². The minimum Gasteiger partial charge on any atom is -0.444 e. The number of halogens is 1. The first-order chi connectivity index (χ1) is 17.4. The summed E-state index contributed by atoms with van der Waals surface area (Å²) < 4.78 is 11.0. The Balaban J connectivity index is 1.77. The lowest BCUT2D eigenvalue weighted by atomic mass is 9.98. The van der Waals surface area contributed by atoms with E-state index in [4.69, 9.17) is 31.6 Å². The van der Waals surface area contributed by atoms with Crippen molar-refractivity contribution in [1.82, 2.24) is 9.96 Å². The Morgan fingerprint density at radius 3 is 2.24 bits per heavy atom. The van der Waals surface area contributed by atoms with Gasteiger partial charge < -0.3 is 15.2 Å². The molecule has 3 amide bonds. The van der Waals surface area contributed by atoms with Crippen molar-refractivity contribution < 1.29 is 33.5 Å². The molecule has 3 rings (SSSR count). The summed E-state index contributed by atoms with van der Waals surface area (Å²) >= 11 is 5.82.